The van der Waals surface area contributed by atoms with Gasteiger partial charge in [0.25, 0.3) is 11.8 Å². The van der Waals surface area contributed by atoms with Gasteiger partial charge in [-0.3, -0.25) is 9.59 Å². The fourth-order valence-corrected chi connectivity index (χ4v) is 3.10. The van der Waals surface area contributed by atoms with E-state index < -0.39 is 12.2 Å². The van der Waals surface area contributed by atoms with Crippen LogP contribution in [0.2, 0.25) is 0 Å². The van der Waals surface area contributed by atoms with Gasteiger partial charge in [-0.05, 0) is 53.4 Å². The zero-order valence-electron chi connectivity index (χ0n) is 9.85. The first-order valence-corrected chi connectivity index (χ1v) is 6.66. The van der Waals surface area contributed by atoms with Crippen molar-refractivity contribution in [2.75, 3.05) is 4.90 Å². The van der Waals surface area contributed by atoms with Crippen molar-refractivity contribution in [3.63, 3.8) is 0 Å². The largest absolute Gasteiger partial charge is 0.355 e. The van der Waals surface area contributed by atoms with Gasteiger partial charge in [-0.25, -0.2) is 4.90 Å². The van der Waals surface area contributed by atoms with Crippen LogP contribution in [0, 0.1) is 6.92 Å². The van der Waals surface area contributed by atoms with E-state index in [1.807, 2.05) is 19.1 Å². The Balaban J connectivity index is 2.05. The van der Waals surface area contributed by atoms with Crippen LogP contribution in [0.1, 0.15) is 18.4 Å². The molecule has 2 aliphatic heterocycles. The predicted molar refractivity (Wildman–Crippen MR) is 69.3 cm³/mol. The molecule has 2 fully saturated rings. The Morgan fingerprint density at radius 3 is 2.39 bits per heavy atom. The molecule has 1 aromatic carbocycles. The summed E-state index contributed by atoms with van der Waals surface area (Å²) in [5, 5.41) is 0. The maximum atomic E-state index is 12.2. The van der Waals surface area contributed by atoms with E-state index in [1.165, 1.54) is 4.90 Å². The number of hydrogen-bond donors (Lipinski definition) is 0. The highest BCUT2D eigenvalue weighted by atomic mass is 79.9. The van der Waals surface area contributed by atoms with E-state index in [0.717, 1.165) is 10.0 Å². The molecule has 0 saturated carbocycles. The second kappa shape index (κ2) is 4.17. The van der Waals surface area contributed by atoms with Gasteiger partial charge >= 0.3 is 0 Å². The number of halogens is 1. The highest BCUT2D eigenvalue weighted by Crippen LogP contribution is 2.35. The molecule has 0 spiro atoms. The van der Waals surface area contributed by atoms with Crippen LogP contribution in [0.5, 0.6) is 0 Å². The van der Waals surface area contributed by atoms with E-state index in [0.29, 0.717) is 18.5 Å². The molecule has 2 amide bonds. The van der Waals surface area contributed by atoms with Crippen LogP contribution in [0.4, 0.5) is 5.69 Å². The molecular formula is C13H12BrNO3. The van der Waals surface area contributed by atoms with Gasteiger partial charge in [0.1, 0.15) is 12.2 Å². The predicted octanol–water partition coefficient (Wildman–Crippen LogP) is 2.18. The number of benzene rings is 1. The monoisotopic (exact) mass is 309 g/mol. The second-order valence-corrected chi connectivity index (χ2v) is 5.51. The smallest absolute Gasteiger partial charge is 0.263 e. The third kappa shape index (κ3) is 1.69. The lowest BCUT2D eigenvalue weighted by atomic mass is 10.2. The Labute approximate surface area is 113 Å². The molecule has 0 N–H and O–H groups in total. The highest BCUT2D eigenvalue weighted by molar-refractivity contribution is 9.10. The summed E-state index contributed by atoms with van der Waals surface area (Å²) in [5.41, 5.74) is 1.68. The first-order chi connectivity index (χ1) is 8.58. The molecule has 0 aliphatic carbocycles. The lowest BCUT2D eigenvalue weighted by Gasteiger charge is -2.30. The normalized spacial score (nSPS) is 26.9. The standard InChI is InChI=1S/C13H12BrNO3/c1-7-2-3-9(8(14)6-7)15-12(16)10-4-5-11(18-10)13(15)17/h2-3,6,10-11H,4-5H2,1H3. The fraction of sp³-hybridized carbons (Fsp3) is 0.385. The van der Waals surface area contributed by atoms with Crippen LogP contribution in [-0.4, -0.2) is 24.0 Å². The number of rotatable bonds is 1. The Hall–Kier alpha value is -1.20. The van der Waals surface area contributed by atoms with Gasteiger partial charge < -0.3 is 4.74 Å². The van der Waals surface area contributed by atoms with Crippen molar-refractivity contribution >= 4 is 33.4 Å². The highest BCUT2D eigenvalue weighted by Gasteiger charge is 2.47. The summed E-state index contributed by atoms with van der Waals surface area (Å²) in [6.07, 6.45) is 0.353. The van der Waals surface area contributed by atoms with Crippen molar-refractivity contribution in [2.24, 2.45) is 0 Å². The van der Waals surface area contributed by atoms with Gasteiger partial charge in [-0.2, -0.15) is 0 Å². The Morgan fingerprint density at radius 1 is 1.22 bits per heavy atom. The molecule has 94 valence electrons. The molecule has 2 atom stereocenters. The van der Waals surface area contributed by atoms with E-state index in [4.69, 9.17) is 4.74 Å². The molecule has 0 radical (unpaired) electrons. The van der Waals surface area contributed by atoms with Crippen LogP contribution in [0.25, 0.3) is 0 Å². The number of anilines is 1. The van der Waals surface area contributed by atoms with Crippen LogP contribution in [0.3, 0.4) is 0 Å². The van der Waals surface area contributed by atoms with Crippen molar-refractivity contribution in [2.45, 2.75) is 32.0 Å². The molecule has 5 heteroatoms. The third-order valence-electron chi connectivity index (χ3n) is 3.36. The average molecular weight is 310 g/mol. The molecule has 18 heavy (non-hydrogen) atoms. The molecule has 4 nitrogen and oxygen atoms in total. The molecule has 2 heterocycles. The lowest BCUT2D eigenvalue weighted by molar-refractivity contribution is -0.146. The summed E-state index contributed by atoms with van der Waals surface area (Å²) < 4.78 is 6.14. The zero-order chi connectivity index (χ0) is 12.9. The molecule has 3 rings (SSSR count). The second-order valence-electron chi connectivity index (χ2n) is 4.66. The number of imide groups is 1. The van der Waals surface area contributed by atoms with Crippen molar-refractivity contribution in [3.8, 4) is 0 Å². The molecule has 2 unspecified atom stereocenters. The van der Waals surface area contributed by atoms with Gasteiger partial charge in [0.15, 0.2) is 0 Å². The SMILES string of the molecule is Cc1ccc(N2C(=O)C3CCC(O3)C2=O)c(Br)c1. The van der Waals surface area contributed by atoms with Crippen molar-refractivity contribution in [3.05, 3.63) is 28.2 Å². The van der Waals surface area contributed by atoms with Crippen LogP contribution >= 0.6 is 15.9 Å². The molecule has 2 aliphatic rings. The number of hydrogen-bond acceptors (Lipinski definition) is 3. The average Bonchev–Trinajstić information content (AvgIpc) is 2.76. The van der Waals surface area contributed by atoms with Gasteiger partial charge in [0.2, 0.25) is 0 Å². The van der Waals surface area contributed by atoms with E-state index in [2.05, 4.69) is 15.9 Å². The molecular weight excluding hydrogens is 298 g/mol. The summed E-state index contributed by atoms with van der Waals surface area (Å²) in [6.45, 7) is 1.96. The lowest BCUT2D eigenvalue weighted by Crippen LogP contribution is -2.52. The van der Waals surface area contributed by atoms with Crippen molar-refractivity contribution in [1.82, 2.24) is 0 Å². The van der Waals surface area contributed by atoms with Crippen LogP contribution < -0.4 is 4.90 Å². The molecule has 1 aromatic rings. The first-order valence-electron chi connectivity index (χ1n) is 5.87. The minimum absolute atomic E-state index is 0.252. The fourth-order valence-electron chi connectivity index (χ4n) is 2.43. The Bertz CT molecular complexity index is 521. The van der Waals surface area contributed by atoms with E-state index in [1.54, 1.807) is 6.07 Å². The molecule has 0 aromatic heterocycles. The number of fused-ring (bicyclic) bond motifs is 2. The zero-order valence-corrected chi connectivity index (χ0v) is 11.4. The van der Waals surface area contributed by atoms with Crippen LogP contribution in [-0.2, 0) is 14.3 Å². The number of ether oxygens (including phenoxy) is 1. The van der Waals surface area contributed by atoms with E-state index in [9.17, 15) is 9.59 Å². The van der Waals surface area contributed by atoms with Gasteiger partial charge in [0.05, 0.1) is 5.69 Å². The maximum absolute atomic E-state index is 12.2. The minimum atomic E-state index is -0.457. The topological polar surface area (TPSA) is 46.6 Å². The number of carbonyl (C=O) groups excluding carboxylic acids is 2. The van der Waals surface area contributed by atoms with Crippen molar-refractivity contribution < 1.29 is 14.3 Å². The number of nitrogens with zero attached hydrogens (tertiary/aromatic N) is 1. The number of morpholine rings is 1. The van der Waals surface area contributed by atoms with Crippen LogP contribution in [0.15, 0.2) is 22.7 Å². The molecule has 2 bridgehead atoms. The first kappa shape index (κ1) is 11.9. The minimum Gasteiger partial charge on any atom is -0.355 e. The number of amides is 2. The summed E-state index contributed by atoms with van der Waals surface area (Å²) in [5.74, 6) is -0.503. The summed E-state index contributed by atoms with van der Waals surface area (Å²) in [6, 6.07) is 5.57. The van der Waals surface area contributed by atoms with E-state index in [-0.39, 0.29) is 11.8 Å². The number of aryl methyl sites for hydroxylation is 1. The third-order valence-corrected chi connectivity index (χ3v) is 3.99. The van der Waals surface area contributed by atoms with Gasteiger partial charge in [-0.15, -0.1) is 0 Å². The van der Waals surface area contributed by atoms with Gasteiger partial charge in [0, 0.05) is 4.47 Å². The maximum Gasteiger partial charge on any atom is 0.263 e. The van der Waals surface area contributed by atoms with Crippen molar-refractivity contribution in [1.29, 1.82) is 0 Å². The number of carbonyl (C=O) groups is 2. The molecule has 2 saturated heterocycles. The Morgan fingerprint density at radius 2 is 1.83 bits per heavy atom. The quantitative estimate of drug-likeness (QED) is 0.747. The van der Waals surface area contributed by atoms with E-state index >= 15 is 0 Å². The summed E-state index contributed by atoms with van der Waals surface area (Å²) in [7, 11) is 0. The summed E-state index contributed by atoms with van der Waals surface area (Å²) >= 11 is 3.41. The Kier molecular flexibility index (Phi) is 2.75. The summed E-state index contributed by atoms with van der Waals surface area (Å²) in [4.78, 5) is 25.6. The van der Waals surface area contributed by atoms with Gasteiger partial charge in [-0.1, -0.05) is 6.07 Å².